The number of hydrogen-bond donors (Lipinski definition) is 3. The molecule has 0 aliphatic heterocycles. The molecule has 0 heterocycles. The van der Waals surface area contributed by atoms with Crippen LogP contribution in [0.15, 0.2) is 0 Å². The van der Waals surface area contributed by atoms with Crippen LogP contribution >= 0.6 is 0 Å². The van der Waals surface area contributed by atoms with Crippen molar-refractivity contribution in [2.75, 3.05) is 19.6 Å². The second-order valence-electron chi connectivity index (χ2n) is 4.56. The fourth-order valence-electron chi connectivity index (χ4n) is 1.59. The fraction of sp³-hybridized carbons (Fsp3) is 0.846. The van der Waals surface area contributed by atoms with Crippen molar-refractivity contribution in [3.8, 4) is 0 Å². The van der Waals surface area contributed by atoms with Gasteiger partial charge in [0.15, 0.2) is 0 Å². The van der Waals surface area contributed by atoms with Crippen molar-refractivity contribution in [3.05, 3.63) is 0 Å². The topological polar surface area (TPSA) is 78.4 Å². The van der Waals surface area contributed by atoms with Crippen LogP contribution in [0.4, 0.5) is 0 Å². The molecule has 0 bridgehead atoms. The Hall–Kier alpha value is -1.10. The van der Waals surface area contributed by atoms with E-state index in [9.17, 15) is 9.59 Å². The Balaban J connectivity index is 3.37. The molecule has 0 aromatic rings. The van der Waals surface area contributed by atoms with Crippen LogP contribution in [-0.4, -0.2) is 36.6 Å². The minimum atomic E-state index is -0.736. The minimum Gasteiger partial charge on any atom is -0.481 e. The quantitative estimate of drug-likeness (QED) is 0.489. The Morgan fingerprint density at radius 2 is 1.83 bits per heavy atom. The highest BCUT2D eigenvalue weighted by atomic mass is 16.4. The number of nitrogens with one attached hydrogen (secondary N) is 2. The van der Waals surface area contributed by atoms with E-state index in [1.165, 1.54) is 0 Å². The van der Waals surface area contributed by atoms with Crippen LogP contribution in [0.3, 0.4) is 0 Å². The summed E-state index contributed by atoms with van der Waals surface area (Å²) in [6.45, 7) is 6.19. The molecule has 0 radical (unpaired) electrons. The molecule has 18 heavy (non-hydrogen) atoms. The lowest BCUT2D eigenvalue weighted by Crippen LogP contribution is -2.35. The summed E-state index contributed by atoms with van der Waals surface area (Å²) in [5.74, 6) is -0.654. The summed E-state index contributed by atoms with van der Waals surface area (Å²) in [7, 11) is 0. The van der Waals surface area contributed by atoms with Gasteiger partial charge in [-0.1, -0.05) is 26.7 Å². The van der Waals surface area contributed by atoms with Gasteiger partial charge in [-0.25, -0.2) is 0 Å². The molecule has 0 saturated carbocycles. The Kier molecular flexibility index (Phi) is 10.3. The number of aliphatic carboxylic acids is 1. The molecule has 0 aromatic heterocycles. The van der Waals surface area contributed by atoms with Gasteiger partial charge in [0, 0.05) is 25.4 Å². The second kappa shape index (κ2) is 11.0. The first-order valence-corrected chi connectivity index (χ1v) is 6.78. The van der Waals surface area contributed by atoms with Gasteiger partial charge < -0.3 is 15.7 Å². The van der Waals surface area contributed by atoms with Crippen LogP contribution in [0.2, 0.25) is 0 Å². The van der Waals surface area contributed by atoms with Crippen molar-refractivity contribution in [2.45, 2.75) is 46.0 Å². The van der Waals surface area contributed by atoms with Crippen LogP contribution in [-0.2, 0) is 9.59 Å². The molecule has 1 amide bonds. The highest BCUT2D eigenvalue weighted by Crippen LogP contribution is 2.02. The lowest BCUT2D eigenvalue weighted by molar-refractivity contribution is -0.137. The first-order valence-electron chi connectivity index (χ1n) is 6.78. The van der Waals surface area contributed by atoms with Gasteiger partial charge in [0.05, 0.1) is 0 Å². The van der Waals surface area contributed by atoms with Crippen molar-refractivity contribution in [3.63, 3.8) is 0 Å². The van der Waals surface area contributed by atoms with Gasteiger partial charge in [-0.2, -0.15) is 0 Å². The molecule has 0 rings (SSSR count). The Morgan fingerprint density at radius 3 is 2.44 bits per heavy atom. The normalized spacial score (nSPS) is 12.1. The maximum absolute atomic E-state index is 11.6. The number of amides is 1. The summed E-state index contributed by atoms with van der Waals surface area (Å²) in [6, 6.07) is 0. The summed E-state index contributed by atoms with van der Waals surface area (Å²) in [5.41, 5.74) is 0. The van der Waals surface area contributed by atoms with Gasteiger partial charge in [-0.05, 0) is 19.4 Å². The summed E-state index contributed by atoms with van der Waals surface area (Å²) in [5, 5.41) is 14.5. The van der Waals surface area contributed by atoms with Crippen molar-refractivity contribution >= 4 is 11.9 Å². The summed E-state index contributed by atoms with van der Waals surface area (Å²) in [6.07, 6.45) is 3.76. The first kappa shape index (κ1) is 16.9. The maximum Gasteiger partial charge on any atom is 0.303 e. The fourth-order valence-corrected chi connectivity index (χ4v) is 1.59. The van der Waals surface area contributed by atoms with E-state index in [4.69, 9.17) is 5.11 Å². The molecule has 0 fully saturated rings. The van der Waals surface area contributed by atoms with Gasteiger partial charge in [-0.3, -0.25) is 9.59 Å². The van der Waals surface area contributed by atoms with E-state index in [1.54, 1.807) is 0 Å². The van der Waals surface area contributed by atoms with Crippen LogP contribution in [0, 0.1) is 5.92 Å². The number of carboxylic acids is 1. The van der Waals surface area contributed by atoms with Gasteiger partial charge >= 0.3 is 5.97 Å². The molecule has 0 aliphatic carbocycles. The van der Waals surface area contributed by atoms with Crippen molar-refractivity contribution in [1.29, 1.82) is 0 Å². The molecule has 0 spiro atoms. The number of unbranched alkanes of at least 4 members (excludes halogenated alkanes) is 3. The number of hydrogen-bond acceptors (Lipinski definition) is 3. The summed E-state index contributed by atoms with van der Waals surface area (Å²) < 4.78 is 0. The standard InChI is InChI=1S/C13H26N2O3/c1-3-14-10-11(2)13(18)15-9-7-5-4-6-8-12(16)17/h11,14H,3-10H2,1-2H3,(H,15,18)(H,16,17). The van der Waals surface area contributed by atoms with Crippen LogP contribution in [0.1, 0.15) is 46.0 Å². The molecule has 0 aromatic carbocycles. The van der Waals surface area contributed by atoms with Gasteiger partial charge in [0.25, 0.3) is 0 Å². The molecule has 0 saturated heterocycles. The lowest BCUT2D eigenvalue weighted by Gasteiger charge is -2.12. The molecule has 1 atom stereocenters. The predicted molar refractivity (Wildman–Crippen MR) is 71.4 cm³/mol. The van der Waals surface area contributed by atoms with Crippen molar-refractivity contribution in [1.82, 2.24) is 10.6 Å². The number of carboxylic acid groups (broad SMARTS) is 1. The number of carbonyl (C=O) groups is 2. The highest BCUT2D eigenvalue weighted by molar-refractivity contribution is 5.78. The summed E-state index contributed by atoms with van der Waals surface area (Å²) >= 11 is 0. The molecule has 1 unspecified atom stereocenters. The molecule has 106 valence electrons. The zero-order valence-electron chi connectivity index (χ0n) is 11.5. The van der Waals surface area contributed by atoms with Gasteiger partial charge in [-0.15, -0.1) is 0 Å². The molecule has 5 nitrogen and oxygen atoms in total. The first-order chi connectivity index (χ1) is 8.57. The SMILES string of the molecule is CCNCC(C)C(=O)NCCCCCCC(=O)O. The lowest BCUT2D eigenvalue weighted by atomic mass is 10.1. The van der Waals surface area contributed by atoms with E-state index in [0.29, 0.717) is 13.1 Å². The smallest absolute Gasteiger partial charge is 0.303 e. The molecule has 0 aliphatic rings. The molecular formula is C13H26N2O3. The third-order valence-corrected chi connectivity index (χ3v) is 2.76. The van der Waals surface area contributed by atoms with Crippen molar-refractivity contribution in [2.24, 2.45) is 5.92 Å². The zero-order valence-corrected chi connectivity index (χ0v) is 11.5. The van der Waals surface area contributed by atoms with Crippen LogP contribution in [0.25, 0.3) is 0 Å². The van der Waals surface area contributed by atoms with E-state index >= 15 is 0 Å². The third kappa shape index (κ3) is 10.1. The number of rotatable bonds is 11. The predicted octanol–water partition coefficient (Wildman–Crippen LogP) is 1.38. The number of carbonyl (C=O) groups excluding carboxylic acids is 1. The maximum atomic E-state index is 11.6. The van der Waals surface area contributed by atoms with E-state index in [1.807, 2.05) is 13.8 Å². The van der Waals surface area contributed by atoms with Crippen molar-refractivity contribution < 1.29 is 14.7 Å². The van der Waals surface area contributed by atoms with Gasteiger partial charge in [0.1, 0.15) is 0 Å². The van der Waals surface area contributed by atoms with E-state index in [-0.39, 0.29) is 18.2 Å². The largest absolute Gasteiger partial charge is 0.481 e. The van der Waals surface area contributed by atoms with Crippen LogP contribution in [0.5, 0.6) is 0 Å². The van der Waals surface area contributed by atoms with E-state index in [0.717, 1.165) is 32.2 Å². The van der Waals surface area contributed by atoms with E-state index < -0.39 is 5.97 Å². The average molecular weight is 258 g/mol. The Bertz CT molecular complexity index is 244. The Morgan fingerprint density at radius 1 is 1.17 bits per heavy atom. The molecule has 3 N–H and O–H groups in total. The molecule has 5 heteroatoms. The second-order valence-corrected chi connectivity index (χ2v) is 4.56. The molecular weight excluding hydrogens is 232 g/mol. The Labute approximate surface area is 109 Å². The summed E-state index contributed by atoms with van der Waals surface area (Å²) in [4.78, 5) is 21.9. The zero-order chi connectivity index (χ0) is 13.8. The minimum absolute atomic E-state index is 0.00281. The highest BCUT2D eigenvalue weighted by Gasteiger charge is 2.10. The average Bonchev–Trinajstić information content (AvgIpc) is 2.34. The third-order valence-electron chi connectivity index (χ3n) is 2.76. The monoisotopic (exact) mass is 258 g/mol. The van der Waals surface area contributed by atoms with Crippen LogP contribution < -0.4 is 10.6 Å². The van der Waals surface area contributed by atoms with Gasteiger partial charge in [0.2, 0.25) is 5.91 Å². The van der Waals surface area contributed by atoms with E-state index in [2.05, 4.69) is 10.6 Å².